The molecule has 134 valence electrons. The zero-order valence-electron chi connectivity index (χ0n) is 14.4. The number of ether oxygens (including phenoxy) is 1. The minimum Gasteiger partial charge on any atom is -0.476 e. The molecule has 26 heavy (non-hydrogen) atoms. The van der Waals surface area contributed by atoms with Crippen molar-refractivity contribution in [1.82, 2.24) is 4.90 Å². The Labute approximate surface area is 160 Å². The predicted molar refractivity (Wildman–Crippen MR) is 103 cm³/mol. The van der Waals surface area contributed by atoms with E-state index in [1.165, 1.54) is 0 Å². The van der Waals surface area contributed by atoms with Gasteiger partial charge in [0.15, 0.2) is 0 Å². The Morgan fingerprint density at radius 3 is 2.73 bits per heavy atom. The second kappa shape index (κ2) is 6.62. The number of aryl methyl sites for hydroxylation is 1. The van der Waals surface area contributed by atoms with E-state index < -0.39 is 0 Å². The smallest absolute Gasteiger partial charge is 0.339 e. The Morgan fingerprint density at radius 1 is 1.15 bits per heavy atom. The zero-order valence-corrected chi connectivity index (χ0v) is 15.9. The highest BCUT2D eigenvalue weighted by molar-refractivity contribution is 6.33. The van der Waals surface area contributed by atoms with Gasteiger partial charge < -0.3 is 9.15 Å². The summed E-state index contributed by atoms with van der Waals surface area (Å²) in [6, 6.07) is 9.54. The summed E-state index contributed by atoms with van der Waals surface area (Å²) in [7, 11) is 0. The van der Waals surface area contributed by atoms with Crippen molar-refractivity contribution < 1.29 is 9.15 Å². The molecule has 0 spiro atoms. The van der Waals surface area contributed by atoms with E-state index in [-0.39, 0.29) is 5.63 Å². The van der Waals surface area contributed by atoms with Gasteiger partial charge in [-0.05, 0) is 43.2 Å². The fourth-order valence-corrected chi connectivity index (χ4v) is 3.80. The van der Waals surface area contributed by atoms with E-state index in [2.05, 4.69) is 4.90 Å². The minimum absolute atomic E-state index is 0.327. The Balaban J connectivity index is 1.78. The van der Waals surface area contributed by atoms with E-state index in [0.717, 1.165) is 22.1 Å². The highest BCUT2D eigenvalue weighted by atomic mass is 35.5. The monoisotopic (exact) mass is 389 g/mol. The van der Waals surface area contributed by atoms with Gasteiger partial charge in [0.1, 0.15) is 18.1 Å². The van der Waals surface area contributed by atoms with Crippen LogP contribution in [0.4, 0.5) is 0 Å². The molecule has 0 saturated carbocycles. The average molecular weight is 390 g/mol. The van der Waals surface area contributed by atoms with Crippen LogP contribution in [0.25, 0.3) is 11.0 Å². The SMILES string of the molecule is Cc1c(C)c2cc(Cl)c3c(c2oc1=O)CN(Cc1cccc(Cl)c1)CO3. The van der Waals surface area contributed by atoms with Crippen LogP contribution in [0.1, 0.15) is 22.3 Å². The van der Waals surface area contributed by atoms with Crippen molar-refractivity contribution in [3.8, 4) is 5.75 Å². The van der Waals surface area contributed by atoms with E-state index in [1.807, 2.05) is 37.3 Å². The molecule has 2 aromatic carbocycles. The van der Waals surface area contributed by atoms with Gasteiger partial charge in [-0.1, -0.05) is 35.3 Å². The van der Waals surface area contributed by atoms with Gasteiger partial charge in [0.05, 0.1) is 10.6 Å². The van der Waals surface area contributed by atoms with Gasteiger partial charge in [-0.3, -0.25) is 4.90 Å². The number of halogens is 2. The van der Waals surface area contributed by atoms with Gasteiger partial charge in [0.25, 0.3) is 0 Å². The molecule has 3 aromatic rings. The zero-order chi connectivity index (χ0) is 18.4. The Kier molecular flexibility index (Phi) is 4.43. The van der Waals surface area contributed by atoms with Gasteiger partial charge in [-0.15, -0.1) is 0 Å². The van der Waals surface area contributed by atoms with Crippen LogP contribution in [0.5, 0.6) is 5.75 Å². The molecule has 6 heteroatoms. The lowest BCUT2D eigenvalue weighted by molar-refractivity contribution is 0.0890. The lowest BCUT2D eigenvalue weighted by Crippen LogP contribution is -2.32. The maximum Gasteiger partial charge on any atom is 0.339 e. The normalized spacial score (nSPS) is 14.3. The number of rotatable bonds is 2. The number of nitrogens with zero attached hydrogens (tertiary/aromatic N) is 1. The molecular formula is C20H17Cl2NO3. The molecule has 1 aliphatic rings. The maximum absolute atomic E-state index is 12.2. The van der Waals surface area contributed by atoms with E-state index in [0.29, 0.717) is 46.8 Å². The molecule has 1 aliphatic heterocycles. The van der Waals surface area contributed by atoms with Gasteiger partial charge in [-0.2, -0.15) is 0 Å². The summed E-state index contributed by atoms with van der Waals surface area (Å²) in [6.07, 6.45) is 0. The lowest BCUT2D eigenvalue weighted by atomic mass is 10.0. The summed E-state index contributed by atoms with van der Waals surface area (Å²) in [5.74, 6) is 0.591. The van der Waals surface area contributed by atoms with Crippen molar-refractivity contribution in [1.29, 1.82) is 0 Å². The van der Waals surface area contributed by atoms with Crippen LogP contribution in [0.2, 0.25) is 10.0 Å². The highest BCUT2D eigenvalue weighted by Gasteiger charge is 2.25. The maximum atomic E-state index is 12.2. The van der Waals surface area contributed by atoms with Crippen LogP contribution in [0.15, 0.2) is 39.5 Å². The van der Waals surface area contributed by atoms with Gasteiger partial charge >= 0.3 is 5.63 Å². The predicted octanol–water partition coefficient (Wildman–Crippen LogP) is 5.07. The van der Waals surface area contributed by atoms with E-state index in [1.54, 1.807) is 6.92 Å². The van der Waals surface area contributed by atoms with Crippen LogP contribution in [0.3, 0.4) is 0 Å². The quantitative estimate of drug-likeness (QED) is 0.573. The number of fused-ring (bicyclic) bond motifs is 3. The topological polar surface area (TPSA) is 42.7 Å². The third-order valence-corrected chi connectivity index (χ3v) is 5.33. The van der Waals surface area contributed by atoms with E-state index >= 15 is 0 Å². The number of hydrogen-bond donors (Lipinski definition) is 0. The summed E-state index contributed by atoms with van der Waals surface area (Å²) in [4.78, 5) is 14.3. The van der Waals surface area contributed by atoms with Crippen LogP contribution >= 0.6 is 23.2 Å². The molecular weight excluding hydrogens is 373 g/mol. The molecule has 0 aliphatic carbocycles. The molecule has 1 aromatic heterocycles. The molecule has 0 atom stereocenters. The first-order chi connectivity index (χ1) is 12.4. The molecule has 0 amide bonds. The average Bonchev–Trinajstić information content (AvgIpc) is 2.61. The molecule has 2 heterocycles. The van der Waals surface area contributed by atoms with Crippen LogP contribution in [-0.2, 0) is 13.1 Å². The first kappa shape index (κ1) is 17.4. The van der Waals surface area contributed by atoms with E-state index in [4.69, 9.17) is 32.4 Å². The van der Waals surface area contributed by atoms with Crippen molar-refractivity contribution in [2.75, 3.05) is 6.73 Å². The van der Waals surface area contributed by atoms with Crippen molar-refractivity contribution >= 4 is 34.2 Å². The molecule has 0 radical (unpaired) electrons. The first-order valence-electron chi connectivity index (χ1n) is 8.29. The second-order valence-electron chi connectivity index (χ2n) is 6.57. The molecule has 4 nitrogen and oxygen atoms in total. The summed E-state index contributed by atoms with van der Waals surface area (Å²) in [6.45, 7) is 5.31. The highest BCUT2D eigenvalue weighted by Crippen LogP contribution is 2.39. The van der Waals surface area contributed by atoms with E-state index in [9.17, 15) is 4.79 Å². The third-order valence-electron chi connectivity index (χ3n) is 4.82. The fourth-order valence-electron chi connectivity index (χ4n) is 3.31. The van der Waals surface area contributed by atoms with Crippen LogP contribution in [-0.4, -0.2) is 11.6 Å². The molecule has 0 unspecified atom stereocenters. The Morgan fingerprint density at radius 2 is 1.96 bits per heavy atom. The van der Waals surface area contributed by atoms with Gasteiger partial charge in [0, 0.05) is 29.1 Å². The molecule has 0 N–H and O–H groups in total. The van der Waals surface area contributed by atoms with Crippen molar-refractivity contribution in [2.45, 2.75) is 26.9 Å². The summed E-state index contributed by atoms with van der Waals surface area (Å²) >= 11 is 12.5. The van der Waals surface area contributed by atoms with Crippen molar-refractivity contribution in [2.24, 2.45) is 0 Å². The van der Waals surface area contributed by atoms with Gasteiger partial charge in [0.2, 0.25) is 0 Å². The van der Waals surface area contributed by atoms with Crippen molar-refractivity contribution in [3.05, 3.63) is 73.1 Å². The first-order valence-corrected chi connectivity index (χ1v) is 9.04. The lowest BCUT2D eigenvalue weighted by Gasteiger charge is -2.30. The summed E-state index contributed by atoms with van der Waals surface area (Å²) in [5, 5.41) is 2.08. The number of benzene rings is 2. The fraction of sp³-hybridized carbons (Fsp3) is 0.250. The molecule has 4 rings (SSSR count). The third kappa shape index (κ3) is 2.98. The molecule has 0 bridgehead atoms. The minimum atomic E-state index is -0.327. The van der Waals surface area contributed by atoms with Crippen molar-refractivity contribution in [3.63, 3.8) is 0 Å². The summed E-state index contributed by atoms with van der Waals surface area (Å²) in [5.41, 5.74) is 3.60. The Bertz CT molecular complexity index is 1070. The second-order valence-corrected chi connectivity index (χ2v) is 7.42. The van der Waals surface area contributed by atoms with Crippen LogP contribution < -0.4 is 10.4 Å². The standard InChI is InChI=1S/C20H17Cl2NO3/c1-11-12(2)20(24)26-18-15(11)7-17(22)19-16(18)9-23(10-25-19)8-13-4-3-5-14(21)6-13/h3-7H,8-10H2,1-2H3. The number of hydrogen-bond acceptors (Lipinski definition) is 4. The van der Waals surface area contributed by atoms with Gasteiger partial charge in [-0.25, -0.2) is 4.79 Å². The summed E-state index contributed by atoms with van der Waals surface area (Å²) < 4.78 is 11.5. The largest absolute Gasteiger partial charge is 0.476 e. The molecule has 0 saturated heterocycles. The molecule has 0 fully saturated rings. The van der Waals surface area contributed by atoms with Crippen LogP contribution in [0, 0.1) is 13.8 Å². The Hall–Kier alpha value is -2.01.